The highest BCUT2D eigenvalue weighted by molar-refractivity contribution is 5.91. The Morgan fingerprint density at radius 3 is 2.23 bits per heavy atom. The molecule has 0 unspecified atom stereocenters. The highest BCUT2D eigenvalue weighted by Crippen LogP contribution is 2.22. The first-order valence-electron chi connectivity index (χ1n) is 7.02. The first-order valence-corrected chi connectivity index (χ1v) is 7.02. The molecule has 0 aliphatic rings. The molecular weight excluding hydrogens is 298 g/mol. The van der Waals surface area contributed by atoms with Gasteiger partial charge in [0.25, 0.3) is 0 Å². The van der Waals surface area contributed by atoms with E-state index >= 15 is 0 Å². The highest BCUT2D eigenvalue weighted by Gasteiger charge is 2.18. The van der Waals surface area contributed by atoms with E-state index < -0.39 is 5.60 Å². The van der Waals surface area contributed by atoms with Crippen molar-refractivity contribution in [1.29, 1.82) is 0 Å². The van der Waals surface area contributed by atoms with Crippen molar-refractivity contribution in [3.63, 3.8) is 0 Å². The second-order valence-corrected chi connectivity index (χ2v) is 5.99. The molecule has 2 aromatic carbocycles. The molecule has 2 aromatic rings. The molecule has 0 aromatic heterocycles. The normalized spacial score (nSPS) is 10.7. The van der Waals surface area contributed by atoms with Crippen molar-refractivity contribution in [3.05, 3.63) is 59.7 Å². The van der Waals surface area contributed by atoms with Crippen molar-refractivity contribution < 1.29 is 9.53 Å². The average Bonchev–Trinajstić information content (AvgIpc) is 2.46. The van der Waals surface area contributed by atoms with Gasteiger partial charge in [-0.3, -0.25) is 0 Å². The van der Waals surface area contributed by atoms with E-state index in [0.717, 1.165) is 16.7 Å². The van der Waals surface area contributed by atoms with E-state index in [2.05, 4.69) is 0 Å². The molecule has 0 spiro atoms. The minimum absolute atomic E-state index is 0. The molecule has 22 heavy (non-hydrogen) atoms. The Balaban J connectivity index is 0.00000242. The molecular formula is C18H22ClNO2. The van der Waals surface area contributed by atoms with Gasteiger partial charge in [0.1, 0.15) is 5.60 Å². The molecule has 0 amide bonds. The number of hydrogen-bond donors (Lipinski definition) is 1. The van der Waals surface area contributed by atoms with Gasteiger partial charge in [-0.15, -0.1) is 12.4 Å². The summed E-state index contributed by atoms with van der Waals surface area (Å²) < 4.78 is 5.40. The molecule has 0 radical (unpaired) electrons. The summed E-state index contributed by atoms with van der Waals surface area (Å²) in [7, 11) is 0. The van der Waals surface area contributed by atoms with Gasteiger partial charge in [0.05, 0.1) is 5.56 Å². The zero-order valence-electron chi connectivity index (χ0n) is 13.1. The van der Waals surface area contributed by atoms with Crippen LogP contribution in [0.15, 0.2) is 48.5 Å². The van der Waals surface area contributed by atoms with Crippen molar-refractivity contribution in [2.45, 2.75) is 32.9 Å². The number of benzene rings is 2. The molecule has 0 aliphatic carbocycles. The standard InChI is InChI=1S/C18H21NO2.ClH/c1-18(2,3)21-17(20)16-9-5-8-15(11-16)14-7-4-6-13(10-14)12-19;/h4-11H,12,19H2,1-3H3;1H. The topological polar surface area (TPSA) is 52.3 Å². The summed E-state index contributed by atoms with van der Waals surface area (Å²) >= 11 is 0. The third-order valence-electron chi connectivity index (χ3n) is 2.99. The Bertz CT molecular complexity index is 648. The quantitative estimate of drug-likeness (QED) is 0.863. The van der Waals surface area contributed by atoms with Crippen LogP contribution in [-0.4, -0.2) is 11.6 Å². The smallest absolute Gasteiger partial charge is 0.338 e. The van der Waals surface area contributed by atoms with Crippen LogP contribution in [0.1, 0.15) is 36.7 Å². The largest absolute Gasteiger partial charge is 0.456 e. The van der Waals surface area contributed by atoms with Crippen LogP contribution >= 0.6 is 12.4 Å². The molecule has 3 nitrogen and oxygen atoms in total. The lowest BCUT2D eigenvalue weighted by Gasteiger charge is -2.19. The summed E-state index contributed by atoms with van der Waals surface area (Å²) in [6.07, 6.45) is 0. The number of halogens is 1. The van der Waals surface area contributed by atoms with Crippen LogP contribution in [0.2, 0.25) is 0 Å². The van der Waals surface area contributed by atoms with Crippen LogP contribution in [0.5, 0.6) is 0 Å². The van der Waals surface area contributed by atoms with Crippen LogP contribution in [-0.2, 0) is 11.3 Å². The average molecular weight is 320 g/mol. The lowest BCUT2D eigenvalue weighted by molar-refractivity contribution is 0.00696. The first-order chi connectivity index (χ1) is 9.89. The van der Waals surface area contributed by atoms with Gasteiger partial charge in [0, 0.05) is 6.54 Å². The number of rotatable bonds is 3. The van der Waals surface area contributed by atoms with E-state index in [1.165, 1.54) is 0 Å². The maximum absolute atomic E-state index is 12.1. The maximum atomic E-state index is 12.1. The molecule has 2 N–H and O–H groups in total. The molecule has 0 heterocycles. The number of hydrogen-bond acceptors (Lipinski definition) is 3. The maximum Gasteiger partial charge on any atom is 0.338 e. The van der Waals surface area contributed by atoms with Crippen LogP contribution in [0, 0.1) is 0 Å². The lowest BCUT2D eigenvalue weighted by atomic mass is 10.0. The summed E-state index contributed by atoms with van der Waals surface area (Å²) in [5.41, 5.74) is 8.82. The van der Waals surface area contributed by atoms with E-state index in [4.69, 9.17) is 10.5 Å². The molecule has 0 aliphatic heterocycles. The fraction of sp³-hybridized carbons (Fsp3) is 0.278. The summed E-state index contributed by atoms with van der Waals surface area (Å²) in [6, 6.07) is 15.5. The number of carbonyl (C=O) groups is 1. The van der Waals surface area contributed by atoms with Gasteiger partial charge in [-0.25, -0.2) is 4.79 Å². The van der Waals surface area contributed by atoms with Crippen LogP contribution in [0.25, 0.3) is 11.1 Å². The van der Waals surface area contributed by atoms with Gasteiger partial charge in [0.2, 0.25) is 0 Å². The van der Waals surface area contributed by atoms with Crippen molar-refractivity contribution in [2.24, 2.45) is 5.73 Å². The van der Waals surface area contributed by atoms with Crippen molar-refractivity contribution in [3.8, 4) is 11.1 Å². The third kappa shape index (κ3) is 4.86. The number of nitrogens with two attached hydrogens (primary N) is 1. The lowest BCUT2D eigenvalue weighted by Crippen LogP contribution is -2.23. The predicted molar refractivity (Wildman–Crippen MR) is 92.2 cm³/mol. The van der Waals surface area contributed by atoms with Crippen LogP contribution < -0.4 is 5.73 Å². The summed E-state index contributed by atoms with van der Waals surface area (Å²) in [5, 5.41) is 0. The zero-order chi connectivity index (χ0) is 15.5. The van der Waals surface area contributed by atoms with E-state index in [1.54, 1.807) is 6.07 Å². The van der Waals surface area contributed by atoms with Crippen LogP contribution in [0.4, 0.5) is 0 Å². The summed E-state index contributed by atoms with van der Waals surface area (Å²) in [5.74, 6) is -0.306. The Morgan fingerprint density at radius 1 is 1.05 bits per heavy atom. The van der Waals surface area contributed by atoms with Gasteiger partial charge < -0.3 is 10.5 Å². The van der Waals surface area contributed by atoms with Gasteiger partial charge in [0.15, 0.2) is 0 Å². The number of esters is 1. The fourth-order valence-corrected chi connectivity index (χ4v) is 2.04. The van der Waals surface area contributed by atoms with Crippen molar-refractivity contribution >= 4 is 18.4 Å². The van der Waals surface area contributed by atoms with Crippen molar-refractivity contribution in [1.82, 2.24) is 0 Å². The summed E-state index contributed by atoms with van der Waals surface area (Å²) in [6.45, 7) is 6.08. The Morgan fingerprint density at radius 2 is 1.64 bits per heavy atom. The molecule has 4 heteroatoms. The van der Waals surface area contributed by atoms with E-state index in [9.17, 15) is 4.79 Å². The van der Waals surface area contributed by atoms with Crippen LogP contribution in [0.3, 0.4) is 0 Å². The predicted octanol–water partition coefficient (Wildman–Crippen LogP) is 4.19. The molecule has 0 saturated heterocycles. The molecule has 0 bridgehead atoms. The van der Waals surface area contributed by atoms with E-state index in [1.807, 2.05) is 63.2 Å². The van der Waals surface area contributed by atoms with E-state index in [-0.39, 0.29) is 18.4 Å². The van der Waals surface area contributed by atoms with Gasteiger partial charge in [-0.1, -0.05) is 30.3 Å². The Hall–Kier alpha value is -1.84. The minimum atomic E-state index is -0.493. The first kappa shape index (κ1) is 18.2. The fourth-order valence-electron chi connectivity index (χ4n) is 2.04. The highest BCUT2D eigenvalue weighted by atomic mass is 35.5. The second kappa shape index (κ2) is 7.43. The minimum Gasteiger partial charge on any atom is -0.456 e. The number of carbonyl (C=O) groups excluding carboxylic acids is 1. The number of ether oxygens (including phenoxy) is 1. The monoisotopic (exact) mass is 319 g/mol. The molecule has 2 rings (SSSR count). The molecule has 0 saturated carbocycles. The van der Waals surface area contributed by atoms with Crippen molar-refractivity contribution in [2.75, 3.05) is 0 Å². The molecule has 118 valence electrons. The van der Waals surface area contributed by atoms with E-state index in [0.29, 0.717) is 12.1 Å². The van der Waals surface area contributed by atoms with Gasteiger partial charge >= 0.3 is 5.97 Å². The molecule has 0 fully saturated rings. The summed E-state index contributed by atoms with van der Waals surface area (Å²) in [4.78, 5) is 12.1. The third-order valence-corrected chi connectivity index (χ3v) is 2.99. The SMILES string of the molecule is CC(C)(C)OC(=O)c1cccc(-c2cccc(CN)c2)c1.Cl. The van der Waals surface area contributed by atoms with Gasteiger partial charge in [-0.05, 0) is 55.7 Å². The zero-order valence-corrected chi connectivity index (χ0v) is 13.9. The Labute approximate surface area is 137 Å². The second-order valence-electron chi connectivity index (χ2n) is 5.99. The van der Waals surface area contributed by atoms with Gasteiger partial charge in [-0.2, -0.15) is 0 Å². The molecule has 0 atom stereocenters. The Kier molecular flexibility index (Phi) is 6.15.